The first kappa shape index (κ1) is 19.0. The van der Waals surface area contributed by atoms with E-state index in [0.717, 1.165) is 29.9 Å². The van der Waals surface area contributed by atoms with Gasteiger partial charge in [-0.2, -0.15) is 0 Å². The van der Waals surface area contributed by atoms with Gasteiger partial charge in [0.05, 0.1) is 14.2 Å². The van der Waals surface area contributed by atoms with Crippen LogP contribution >= 0.6 is 0 Å². The Kier molecular flexibility index (Phi) is 5.46. The third kappa shape index (κ3) is 4.08. The Morgan fingerprint density at radius 2 is 1.79 bits per heavy atom. The minimum absolute atomic E-state index is 0.0105. The summed E-state index contributed by atoms with van der Waals surface area (Å²) in [5, 5.41) is 8.61. The average Bonchev–Trinajstić information content (AvgIpc) is 3.21. The van der Waals surface area contributed by atoms with Gasteiger partial charge in [-0.1, -0.05) is 6.07 Å². The van der Waals surface area contributed by atoms with Crippen LogP contribution in [0.15, 0.2) is 48.7 Å². The van der Waals surface area contributed by atoms with Crippen LogP contribution in [0.4, 0.5) is 0 Å². The van der Waals surface area contributed by atoms with Gasteiger partial charge in [0.25, 0.3) is 0 Å². The van der Waals surface area contributed by atoms with Crippen molar-refractivity contribution >= 4 is 17.6 Å². The zero-order valence-electron chi connectivity index (χ0n) is 16.6. The molecule has 0 bridgehead atoms. The van der Waals surface area contributed by atoms with Crippen molar-refractivity contribution in [1.29, 1.82) is 0 Å². The first-order chi connectivity index (χ1) is 14.2. The molecule has 0 radical (unpaired) electrons. The summed E-state index contributed by atoms with van der Waals surface area (Å²) in [5.74, 6) is 2.68. The van der Waals surface area contributed by atoms with Crippen LogP contribution < -0.4 is 9.47 Å². The number of fused-ring (bicyclic) bond motifs is 1. The smallest absolute Gasteiger partial charge is 0.246 e. The molecule has 0 atom stereocenters. The fourth-order valence-electron chi connectivity index (χ4n) is 3.69. The molecule has 0 aliphatic carbocycles. The number of methoxy groups -OCH3 is 2. The van der Waals surface area contributed by atoms with E-state index in [-0.39, 0.29) is 5.91 Å². The quantitative estimate of drug-likeness (QED) is 0.624. The van der Waals surface area contributed by atoms with E-state index in [2.05, 4.69) is 10.2 Å². The van der Waals surface area contributed by atoms with Gasteiger partial charge in [-0.15, -0.1) is 10.2 Å². The summed E-state index contributed by atoms with van der Waals surface area (Å²) >= 11 is 0. The second-order valence-electron chi connectivity index (χ2n) is 7.07. The predicted octanol–water partition coefficient (Wildman–Crippen LogP) is 3.17. The molecule has 7 nitrogen and oxygen atoms in total. The van der Waals surface area contributed by atoms with E-state index in [9.17, 15) is 4.79 Å². The zero-order valence-corrected chi connectivity index (χ0v) is 16.6. The van der Waals surface area contributed by atoms with E-state index < -0.39 is 0 Å². The van der Waals surface area contributed by atoms with Gasteiger partial charge in [-0.3, -0.25) is 9.20 Å². The Morgan fingerprint density at radius 1 is 1.07 bits per heavy atom. The van der Waals surface area contributed by atoms with Gasteiger partial charge in [0.15, 0.2) is 5.65 Å². The monoisotopic (exact) mass is 392 g/mol. The van der Waals surface area contributed by atoms with Crippen LogP contribution in [0.25, 0.3) is 11.7 Å². The number of likely N-dealkylation sites (tertiary alicyclic amines) is 1. The average molecular weight is 392 g/mol. The van der Waals surface area contributed by atoms with E-state index in [4.69, 9.17) is 9.47 Å². The number of hydrogen-bond acceptors (Lipinski definition) is 5. The minimum Gasteiger partial charge on any atom is -0.497 e. The summed E-state index contributed by atoms with van der Waals surface area (Å²) in [6, 6.07) is 11.4. The minimum atomic E-state index is 0.0105. The van der Waals surface area contributed by atoms with Crippen LogP contribution in [0, 0.1) is 0 Å². The fourth-order valence-corrected chi connectivity index (χ4v) is 3.69. The van der Waals surface area contributed by atoms with E-state index in [1.165, 1.54) is 0 Å². The number of carbonyl (C=O) groups excluding carboxylic acids is 1. The molecule has 1 saturated heterocycles. The van der Waals surface area contributed by atoms with Crippen molar-refractivity contribution in [3.8, 4) is 11.5 Å². The standard InChI is InChI=1S/C22H24N4O3/c1-28-18-13-16(14-19(15-18)29-2)6-7-21(27)25-11-8-17(9-12-25)22-24-23-20-5-3-4-10-26(20)22/h3-7,10,13-15,17H,8-9,11-12H2,1-2H3/b7-6+. The summed E-state index contributed by atoms with van der Waals surface area (Å²) in [6.07, 6.45) is 7.16. The number of amides is 1. The lowest BCUT2D eigenvalue weighted by Crippen LogP contribution is -2.37. The van der Waals surface area contributed by atoms with Crippen molar-refractivity contribution in [2.75, 3.05) is 27.3 Å². The molecule has 150 valence electrons. The van der Waals surface area contributed by atoms with Gasteiger partial charge in [0.1, 0.15) is 17.3 Å². The molecule has 1 fully saturated rings. The zero-order chi connectivity index (χ0) is 20.2. The number of pyridine rings is 1. The van der Waals surface area contributed by atoms with Gasteiger partial charge >= 0.3 is 0 Å². The summed E-state index contributed by atoms with van der Waals surface area (Å²) < 4.78 is 12.6. The molecule has 1 aliphatic heterocycles. The van der Waals surface area contributed by atoms with Crippen LogP contribution in [0.1, 0.15) is 30.1 Å². The Hall–Kier alpha value is -3.35. The Balaban J connectivity index is 1.40. The van der Waals surface area contributed by atoms with Gasteiger partial charge in [-0.05, 0) is 48.7 Å². The summed E-state index contributed by atoms with van der Waals surface area (Å²) in [5.41, 5.74) is 1.72. The lowest BCUT2D eigenvalue weighted by Gasteiger charge is -2.30. The largest absolute Gasteiger partial charge is 0.497 e. The first-order valence-corrected chi connectivity index (χ1v) is 9.67. The predicted molar refractivity (Wildman–Crippen MR) is 110 cm³/mol. The molecule has 1 aliphatic rings. The van der Waals surface area contributed by atoms with Gasteiger partial charge in [0, 0.05) is 37.3 Å². The van der Waals surface area contributed by atoms with Gasteiger partial charge in [0.2, 0.25) is 5.91 Å². The molecule has 4 rings (SSSR count). The maximum atomic E-state index is 12.6. The summed E-state index contributed by atoms with van der Waals surface area (Å²) in [7, 11) is 3.21. The first-order valence-electron chi connectivity index (χ1n) is 9.67. The highest BCUT2D eigenvalue weighted by atomic mass is 16.5. The van der Waals surface area contributed by atoms with Crippen LogP contribution in [-0.4, -0.2) is 52.7 Å². The number of carbonyl (C=O) groups is 1. The lowest BCUT2D eigenvalue weighted by atomic mass is 9.96. The third-order valence-electron chi connectivity index (χ3n) is 5.30. The molecule has 0 spiro atoms. The number of piperidine rings is 1. The van der Waals surface area contributed by atoms with Crippen molar-refractivity contribution in [3.63, 3.8) is 0 Å². The maximum Gasteiger partial charge on any atom is 0.246 e. The molecule has 0 saturated carbocycles. The number of aromatic nitrogens is 3. The fraction of sp³-hybridized carbons (Fsp3) is 0.318. The molecule has 2 aromatic heterocycles. The number of hydrogen-bond donors (Lipinski definition) is 0. The molecular weight excluding hydrogens is 368 g/mol. The van der Waals surface area contributed by atoms with Crippen molar-refractivity contribution in [3.05, 3.63) is 60.1 Å². The van der Waals surface area contributed by atoms with Crippen molar-refractivity contribution in [2.24, 2.45) is 0 Å². The number of rotatable bonds is 5. The maximum absolute atomic E-state index is 12.6. The molecule has 1 aromatic carbocycles. The molecular formula is C22H24N4O3. The SMILES string of the molecule is COc1cc(/C=C/C(=O)N2CCC(c3nnc4ccccn34)CC2)cc(OC)c1. The highest BCUT2D eigenvalue weighted by Crippen LogP contribution is 2.27. The van der Waals surface area contributed by atoms with Crippen LogP contribution in [-0.2, 0) is 4.79 Å². The molecule has 3 aromatic rings. The van der Waals surface area contributed by atoms with Crippen molar-refractivity contribution in [1.82, 2.24) is 19.5 Å². The van der Waals surface area contributed by atoms with E-state index in [0.29, 0.717) is 30.5 Å². The second-order valence-corrected chi connectivity index (χ2v) is 7.07. The van der Waals surface area contributed by atoms with Crippen LogP contribution in [0.2, 0.25) is 0 Å². The summed E-state index contributed by atoms with van der Waals surface area (Å²) in [4.78, 5) is 14.5. The second kappa shape index (κ2) is 8.34. The third-order valence-corrected chi connectivity index (χ3v) is 5.30. The topological polar surface area (TPSA) is 69.0 Å². The highest BCUT2D eigenvalue weighted by molar-refractivity contribution is 5.92. The van der Waals surface area contributed by atoms with Gasteiger partial charge in [-0.25, -0.2) is 0 Å². The van der Waals surface area contributed by atoms with Crippen molar-refractivity contribution in [2.45, 2.75) is 18.8 Å². The number of ether oxygens (including phenoxy) is 2. The number of nitrogens with zero attached hydrogens (tertiary/aromatic N) is 4. The Morgan fingerprint density at radius 3 is 2.48 bits per heavy atom. The van der Waals surface area contributed by atoms with Crippen molar-refractivity contribution < 1.29 is 14.3 Å². The molecule has 29 heavy (non-hydrogen) atoms. The molecule has 7 heteroatoms. The van der Waals surface area contributed by atoms with Gasteiger partial charge < -0.3 is 14.4 Å². The number of benzene rings is 1. The highest BCUT2D eigenvalue weighted by Gasteiger charge is 2.26. The molecule has 1 amide bonds. The van der Waals surface area contributed by atoms with Crippen LogP contribution in [0.5, 0.6) is 11.5 Å². The Labute approximate surface area is 169 Å². The van der Waals surface area contributed by atoms with E-state index in [1.807, 2.05) is 45.8 Å². The van der Waals surface area contributed by atoms with Crippen LogP contribution in [0.3, 0.4) is 0 Å². The molecule has 3 heterocycles. The molecule has 0 unspecified atom stereocenters. The molecule has 0 N–H and O–H groups in total. The normalized spacial score (nSPS) is 15.2. The summed E-state index contributed by atoms with van der Waals surface area (Å²) in [6.45, 7) is 1.41. The van der Waals surface area contributed by atoms with E-state index in [1.54, 1.807) is 32.4 Å². The van der Waals surface area contributed by atoms with E-state index >= 15 is 0 Å². The Bertz CT molecular complexity index is 1010. The lowest BCUT2D eigenvalue weighted by molar-refractivity contribution is -0.127.